The molecule has 3 nitrogen and oxygen atoms in total. The molecule has 0 spiro atoms. The zero-order valence-electron chi connectivity index (χ0n) is 12.0. The predicted molar refractivity (Wildman–Crippen MR) is 68.4 cm³/mol. The van der Waals surface area contributed by atoms with Crippen LogP contribution in [0.3, 0.4) is 0 Å². The van der Waals surface area contributed by atoms with E-state index in [4.69, 9.17) is 0 Å². The smallest absolute Gasteiger partial charge is 0.313 e. The Kier molecular flexibility index (Phi) is 3.46. The number of alkyl halides is 4. The average Bonchev–Trinajstić information content (AvgIpc) is 2.68. The Morgan fingerprint density at radius 1 is 1.14 bits per heavy atom. The summed E-state index contributed by atoms with van der Waals surface area (Å²) in [5.74, 6) is -9.87. The van der Waals surface area contributed by atoms with Crippen LogP contribution < -0.4 is 0 Å². The first kappa shape index (κ1) is 15.1. The Hall–Kier alpha value is -0.850. The van der Waals surface area contributed by atoms with Gasteiger partial charge in [-0.15, -0.1) is 0 Å². The minimum absolute atomic E-state index is 0.0606. The van der Waals surface area contributed by atoms with Crippen molar-refractivity contribution in [3.8, 4) is 0 Å². The van der Waals surface area contributed by atoms with E-state index in [1.165, 1.54) is 0 Å². The zero-order chi connectivity index (χ0) is 15.4. The van der Waals surface area contributed by atoms with Crippen LogP contribution >= 0.6 is 0 Å². The van der Waals surface area contributed by atoms with Gasteiger partial charge in [0.25, 0.3) is 0 Å². The minimum Gasteiger partial charge on any atom is -0.334 e. The minimum atomic E-state index is -4.03. The van der Waals surface area contributed by atoms with Gasteiger partial charge in [0.15, 0.2) is 0 Å². The van der Waals surface area contributed by atoms with Crippen molar-refractivity contribution in [3.05, 3.63) is 0 Å². The Labute approximate surface area is 121 Å². The topological polar surface area (TPSA) is 23.6 Å². The third-order valence-electron chi connectivity index (χ3n) is 5.22. The highest BCUT2D eigenvalue weighted by Crippen LogP contribution is 2.56. The fourth-order valence-corrected chi connectivity index (χ4v) is 3.91. The van der Waals surface area contributed by atoms with E-state index < -0.39 is 30.6 Å². The number of nitrogens with zero attached hydrogens (tertiary/aromatic N) is 2. The number of likely N-dealkylation sites (N-methyl/N-ethyl adjacent to an activating group) is 1. The second-order valence-electron chi connectivity index (χ2n) is 6.47. The molecule has 3 unspecified atom stereocenters. The number of carbonyl (C=O) groups excluding carboxylic acids is 1. The maximum atomic E-state index is 13.3. The zero-order valence-corrected chi connectivity index (χ0v) is 12.0. The molecule has 2 bridgehead atoms. The molecule has 0 aromatic rings. The van der Waals surface area contributed by atoms with Gasteiger partial charge in [-0.3, -0.25) is 9.69 Å². The molecule has 2 saturated heterocycles. The van der Waals surface area contributed by atoms with E-state index in [-0.39, 0.29) is 18.0 Å². The normalized spacial score (nSPS) is 37.4. The number of amides is 1. The lowest BCUT2D eigenvalue weighted by Gasteiger charge is -2.45. The molecule has 2 aliphatic heterocycles. The van der Waals surface area contributed by atoms with E-state index >= 15 is 0 Å². The quantitative estimate of drug-likeness (QED) is 0.747. The van der Waals surface area contributed by atoms with Gasteiger partial charge in [-0.2, -0.15) is 17.6 Å². The predicted octanol–water partition coefficient (Wildman–Crippen LogP) is 2.36. The van der Waals surface area contributed by atoms with E-state index in [9.17, 15) is 22.4 Å². The summed E-state index contributed by atoms with van der Waals surface area (Å²) in [5, 5.41) is 0. The maximum absolute atomic E-state index is 13.3. The molecule has 3 fully saturated rings. The molecule has 0 N–H and O–H groups in total. The third-order valence-corrected chi connectivity index (χ3v) is 5.22. The molecule has 0 radical (unpaired) electrons. The van der Waals surface area contributed by atoms with Gasteiger partial charge in [0.2, 0.25) is 5.91 Å². The SMILES string of the molecule is CCN1CC2CCC(C1)N2C(=O)CC1CC(F)(F)C1(F)F. The second-order valence-corrected chi connectivity index (χ2v) is 6.47. The summed E-state index contributed by atoms with van der Waals surface area (Å²) in [6.45, 7) is 4.47. The van der Waals surface area contributed by atoms with Gasteiger partial charge in [0.1, 0.15) is 0 Å². The van der Waals surface area contributed by atoms with Gasteiger partial charge in [-0.1, -0.05) is 6.92 Å². The van der Waals surface area contributed by atoms with Crippen LogP contribution in [-0.2, 0) is 4.79 Å². The van der Waals surface area contributed by atoms with Gasteiger partial charge in [0, 0.05) is 43.9 Å². The average molecular weight is 308 g/mol. The number of likely N-dealkylation sites (tertiary alicyclic amines) is 1. The van der Waals surface area contributed by atoms with Crippen molar-refractivity contribution in [3.63, 3.8) is 0 Å². The second kappa shape index (κ2) is 4.83. The fraction of sp³-hybridized carbons (Fsp3) is 0.929. The van der Waals surface area contributed by atoms with Gasteiger partial charge in [0.05, 0.1) is 0 Å². The lowest BCUT2D eigenvalue weighted by atomic mass is 9.74. The van der Waals surface area contributed by atoms with Crippen molar-refractivity contribution >= 4 is 5.91 Å². The summed E-state index contributed by atoms with van der Waals surface area (Å²) >= 11 is 0. The molecule has 1 amide bonds. The van der Waals surface area contributed by atoms with Crippen molar-refractivity contribution in [1.29, 1.82) is 0 Å². The van der Waals surface area contributed by atoms with Crippen molar-refractivity contribution < 1.29 is 22.4 Å². The van der Waals surface area contributed by atoms with E-state index in [1.807, 2.05) is 6.92 Å². The van der Waals surface area contributed by atoms with Gasteiger partial charge >= 0.3 is 11.8 Å². The van der Waals surface area contributed by atoms with Crippen molar-refractivity contribution in [2.75, 3.05) is 19.6 Å². The van der Waals surface area contributed by atoms with Crippen LogP contribution in [0.15, 0.2) is 0 Å². The first-order valence-corrected chi connectivity index (χ1v) is 7.55. The highest BCUT2D eigenvalue weighted by atomic mass is 19.3. The van der Waals surface area contributed by atoms with Crippen molar-refractivity contribution in [1.82, 2.24) is 9.80 Å². The van der Waals surface area contributed by atoms with E-state index in [1.54, 1.807) is 4.90 Å². The number of hydrogen-bond acceptors (Lipinski definition) is 2. The van der Waals surface area contributed by atoms with E-state index in [2.05, 4.69) is 4.90 Å². The van der Waals surface area contributed by atoms with E-state index in [0.29, 0.717) is 0 Å². The molecular formula is C14H20F4N2O. The molecule has 2 heterocycles. The number of carbonyl (C=O) groups is 1. The Morgan fingerprint density at radius 3 is 2.14 bits per heavy atom. The summed E-state index contributed by atoms with van der Waals surface area (Å²) in [7, 11) is 0. The lowest BCUT2D eigenvalue weighted by molar-refractivity contribution is -0.313. The molecule has 120 valence electrons. The molecule has 0 aromatic heterocycles. The van der Waals surface area contributed by atoms with Crippen LogP contribution in [0.4, 0.5) is 17.6 Å². The first-order valence-electron chi connectivity index (χ1n) is 7.55. The summed E-state index contributed by atoms with van der Waals surface area (Å²) in [5.41, 5.74) is 0. The van der Waals surface area contributed by atoms with E-state index in [0.717, 1.165) is 32.5 Å². The van der Waals surface area contributed by atoms with Crippen LogP contribution in [0.1, 0.15) is 32.6 Å². The molecule has 1 saturated carbocycles. The summed E-state index contributed by atoms with van der Waals surface area (Å²) < 4.78 is 52.3. The number of rotatable bonds is 3. The molecule has 3 aliphatic rings. The third kappa shape index (κ3) is 2.24. The Bertz CT molecular complexity index is 429. The van der Waals surface area contributed by atoms with Crippen LogP contribution in [0, 0.1) is 5.92 Å². The van der Waals surface area contributed by atoms with Crippen molar-refractivity contribution in [2.45, 2.75) is 56.5 Å². The largest absolute Gasteiger partial charge is 0.334 e. The molecule has 0 aromatic carbocycles. The highest BCUT2D eigenvalue weighted by molar-refractivity contribution is 5.78. The van der Waals surface area contributed by atoms with Gasteiger partial charge in [-0.05, 0) is 19.4 Å². The first-order chi connectivity index (χ1) is 9.76. The van der Waals surface area contributed by atoms with Crippen molar-refractivity contribution in [2.24, 2.45) is 5.92 Å². The number of fused-ring (bicyclic) bond motifs is 2. The van der Waals surface area contributed by atoms with Gasteiger partial charge < -0.3 is 4.90 Å². The van der Waals surface area contributed by atoms with Crippen LogP contribution in [0.5, 0.6) is 0 Å². The maximum Gasteiger partial charge on any atom is 0.313 e. The molecule has 3 rings (SSSR count). The number of piperazine rings is 1. The summed E-state index contributed by atoms with van der Waals surface area (Å²) in [4.78, 5) is 16.2. The number of hydrogen-bond donors (Lipinski definition) is 0. The Balaban J connectivity index is 1.63. The Morgan fingerprint density at radius 2 is 1.71 bits per heavy atom. The summed E-state index contributed by atoms with van der Waals surface area (Å²) in [6.07, 6.45) is 0.423. The van der Waals surface area contributed by atoms with Gasteiger partial charge in [-0.25, -0.2) is 0 Å². The van der Waals surface area contributed by atoms with Crippen LogP contribution in [0.25, 0.3) is 0 Å². The fourth-order valence-electron chi connectivity index (χ4n) is 3.91. The van der Waals surface area contributed by atoms with Crippen LogP contribution in [-0.4, -0.2) is 59.3 Å². The number of halogens is 4. The lowest BCUT2D eigenvalue weighted by Crippen LogP contribution is -2.61. The molecule has 3 atom stereocenters. The van der Waals surface area contributed by atoms with Crippen LogP contribution in [0.2, 0.25) is 0 Å². The standard InChI is InChI=1S/C14H20F4N2O/c1-2-19-7-10-3-4-11(8-19)20(10)12(21)5-9-6-13(15,16)14(9,17)18/h9-11H,2-8H2,1H3. The molecule has 1 aliphatic carbocycles. The molecular weight excluding hydrogens is 288 g/mol. The molecule has 21 heavy (non-hydrogen) atoms. The highest BCUT2D eigenvalue weighted by Gasteiger charge is 2.71. The molecule has 7 heteroatoms. The monoisotopic (exact) mass is 308 g/mol. The summed E-state index contributed by atoms with van der Waals surface area (Å²) in [6, 6.07) is 0.121.